The van der Waals surface area contributed by atoms with Crippen LogP contribution in [-0.4, -0.2) is 48.6 Å². The van der Waals surface area contributed by atoms with E-state index in [1.54, 1.807) is 24.0 Å². The largest absolute Gasteiger partial charge is 0.375 e. The summed E-state index contributed by atoms with van der Waals surface area (Å²) in [5.41, 5.74) is 1.05. The van der Waals surface area contributed by atoms with E-state index in [1.807, 2.05) is 13.8 Å². The number of carbonyl (C=O) groups is 2. The SMILES string of the molecule is Cc1ccc(N2C[C@H](C(=O)N3C[C@@H](C)OC[C@@H]3C)CC2=O)c(F)c1. The van der Waals surface area contributed by atoms with Gasteiger partial charge in [0.25, 0.3) is 0 Å². The van der Waals surface area contributed by atoms with Gasteiger partial charge in [-0.3, -0.25) is 9.59 Å². The van der Waals surface area contributed by atoms with E-state index in [4.69, 9.17) is 4.74 Å². The first kappa shape index (κ1) is 16.9. The van der Waals surface area contributed by atoms with Gasteiger partial charge in [-0.15, -0.1) is 0 Å². The lowest BCUT2D eigenvalue weighted by atomic mass is 10.0. The van der Waals surface area contributed by atoms with Gasteiger partial charge in [-0.25, -0.2) is 4.39 Å². The third-order valence-electron chi connectivity index (χ3n) is 4.76. The van der Waals surface area contributed by atoms with Gasteiger partial charge in [0.2, 0.25) is 11.8 Å². The molecule has 0 bridgehead atoms. The molecule has 0 N–H and O–H groups in total. The molecule has 0 unspecified atom stereocenters. The Balaban J connectivity index is 1.75. The van der Waals surface area contributed by atoms with E-state index in [0.717, 1.165) is 5.56 Å². The molecule has 2 saturated heterocycles. The second kappa shape index (κ2) is 6.51. The lowest BCUT2D eigenvalue weighted by molar-refractivity contribution is -0.147. The van der Waals surface area contributed by atoms with Crippen molar-refractivity contribution in [1.29, 1.82) is 0 Å². The van der Waals surface area contributed by atoms with Crippen molar-refractivity contribution >= 4 is 17.5 Å². The van der Waals surface area contributed by atoms with Gasteiger partial charge in [-0.2, -0.15) is 0 Å². The molecule has 130 valence electrons. The third-order valence-corrected chi connectivity index (χ3v) is 4.76. The first-order chi connectivity index (χ1) is 11.4. The fourth-order valence-corrected chi connectivity index (χ4v) is 3.38. The van der Waals surface area contributed by atoms with Gasteiger partial charge >= 0.3 is 0 Å². The Kier molecular flexibility index (Phi) is 4.58. The van der Waals surface area contributed by atoms with E-state index >= 15 is 0 Å². The highest BCUT2D eigenvalue weighted by Gasteiger charge is 2.40. The highest BCUT2D eigenvalue weighted by atomic mass is 19.1. The Labute approximate surface area is 141 Å². The number of nitrogens with zero attached hydrogens (tertiary/aromatic N) is 2. The van der Waals surface area contributed by atoms with Gasteiger partial charge < -0.3 is 14.5 Å². The highest BCUT2D eigenvalue weighted by Crippen LogP contribution is 2.29. The van der Waals surface area contributed by atoms with Crippen LogP contribution in [0.3, 0.4) is 0 Å². The molecule has 1 aromatic carbocycles. The summed E-state index contributed by atoms with van der Waals surface area (Å²) in [6.45, 7) is 6.94. The average molecular weight is 334 g/mol. The van der Waals surface area contributed by atoms with E-state index in [2.05, 4.69) is 0 Å². The van der Waals surface area contributed by atoms with Crippen molar-refractivity contribution in [2.24, 2.45) is 5.92 Å². The number of hydrogen-bond acceptors (Lipinski definition) is 3. The van der Waals surface area contributed by atoms with Crippen LogP contribution in [0.4, 0.5) is 10.1 Å². The summed E-state index contributed by atoms with van der Waals surface area (Å²) in [5.74, 6) is -1.10. The number of ether oxygens (including phenoxy) is 1. The van der Waals surface area contributed by atoms with E-state index in [9.17, 15) is 14.0 Å². The number of hydrogen-bond donors (Lipinski definition) is 0. The molecule has 2 aliphatic rings. The molecule has 0 aromatic heterocycles. The highest BCUT2D eigenvalue weighted by molar-refractivity contribution is 6.00. The van der Waals surface area contributed by atoms with Crippen molar-refractivity contribution in [3.8, 4) is 0 Å². The molecule has 24 heavy (non-hydrogen) atoms. The number of amides is 2. The fraction of sp³-hybridized carbons (Fsp3) is 0.556. The van der Waals surface area contributed by atoms with Crippen molar-refractivity contribution in [2.75, 3.05) is 24.6 Å². The normalized spacial score (nSPS) is 27.7. The van der Waals surface area contributed by atoms with Crippen LogP contribution in [0.2, 0.25) is 0 Å². The summed E-state index contributed by atoms with van der Waals surface area (Å²) >= 11 is 0. The molecule has 2 amide bonds. The minimum Gasteiger partial charge on any atom is -0.375 e. The zero-order valence-corrected chi connectivity index (χ0v) is 14.3. The van der Waals surface area contributed by atoms with Crippen LogP contribution in [-0.2, 0) is 14.3 Å². The number of aryl methyl sites for hydroxylation is 1. The van der Waals surface area contributed by atoms with Crippen molar-refractivity contribution in [2.45, 2.75) is 39.3 Å². The van der Waals surface area contributed by atoms with Crippen LogP contribution in [0.5, 0.6) is 0 Å². The third kappa shape index (κ3) is 3.15. The van der Waals surface area contributed by atoms with Crippen LogP contribution < -0.4 is 4.90 Å². The Morgan fingerprint density at radius 3 is 2.75 bits per heavy atom. The summed E-state index contributed by atoms with van der Waals surface area (Å²) in [7, 11) is 0. The van der Waals surface area contributed by atoms with Crippen LogP contribution in [0.15, 0.2) is 18.2 Å². The van der Waals surface area contributed by atoms with E-state index < -0.39 is 11.7 Å². The predicted octanol–water partition coefficient (Wildman–Crippen LogP) is 2.12. The smallest absolute Gasteiger partial charge is 0.228 e. The fourth-order valence-electron chi connectivity index (χ4n) is 3.38. The molecule has 1 aromatic rings. The Bertz CT molecular complexity index is 664. The zero-order chi connectivity index (χ0) is 17.4. The molecule has 6 heteroatoms. The van der Waals surface area contributed by atoms with Gasteiger partial charge in [0.05, 0.1) is 30.4 Å². The summed E-state index contributed by atoms with van der Waals surface area (Å²) in [6.07, 6.45) is 0.123. The van der Waals surface area contributed by atoms with Gasteiger partial charge in [0.1, 0.15) is 5.82 Å². The average Bonchev–Trinajstić information content (AvgIpc) is 2.91. The molecule has 0 spiro atoms. The maximum atomic E-state index is 14.2. The number of benzene rings is 1. The van der Waals surface area contributed by atoms with E-state index in [-0.39, 0.29) is 42.6 Å². The maximum Gasteiger partial charge on any atom is 0.228 e. The number of rotatable bonds is 2. The minimum atomic E-state index is -0.426. The summed E-state index contributed by atoms with van der Waals surface area (Å²) in [4.78, 5) is 28.3. The molecule has 5 nitrogen and oxygen atoms in total. The Hall–Kier alpha value is -1.95. The predicted molar refractivity (Wildman–Crippen MR) is 88.2 cm³/mol. The summed E-state index contributed by atoms with van der Waals surface area (Å²) in [5, 5.41) is 0. The quantitative estimate of drug-likeness (QED) is 0.832. The summed E-state index contributed by atoms with van der Waals surface area (Å²) in [6, 6.07) is 4.78. The van der Waals surface area contributed by atoms with E-state index in [1.165, 1.54) is 11.0 Å². The van der Waals surface area contributed by atoms with Crippen LogP contribution in [0.1, 0.15) is 25.8 Å². The van der Waals surface area contributed by atoms with Gasteiger partial charge in [-0.05, 0) is 38.5 Å². The minimum absolute atomic E-state index is 0.00559. The molecule has 2 aliphatic heterocycles. The van der Waals surface area contributed by atoms with E-state index in [0.29, 0.717) is 13.2 Å². The number of halogens is 1. The topological polar surface area (TPSA) is 49.9 Å². The molecule has 2 fully saturated rings. The second-order valence-electron chi connectivity index (χ2n) is 6.84. The zero-order valence-electron chi connectivity index (χ0n) is 14.3. The standard InChI is InChI=1S/C18H23FN2O3/c1-11-4-5-16(15(19)6-11)21-9-14(7-17(21)22)18(23)20-8-13(3)24-10-12(20)2/h4-6,12-14H,7-10H2,1-3H3/t12-,13+,14+/m0/s1. The summed E-state index contributed by atoms with van der Waals surface area (Å²) < 4.78 is 19.7. The molecule has 0 radical (unpaired) electrons. The Morgan fingerprint density at radius 2 is 2.04 bits per heavy atom. The van der Waals surface area contributed by atoms with Gasteiger partial charge in [0.15, 0.2) is 0 Å². The monoisotopic (exact) mass is 334 g/mol. The molecule has 2 heterocycles. The first-order valence-corrected chi connectivity index (χ1v) is 8.35. The maximum absolute atomic E-state index is 14.2. The number of anilines is 1. The molecule has 3 atom stereocenters. The van der Waals surface area contributed by atoms with Gasteiger partial charge in [0, 0.05) is 19.5 Å². The lowest BCUT2D eigenvalue weighted by Crippen LogP contribution is -2.52. The van der Waals surface area contributed by atoms with Crippen LogP contribution >= 0.6 is 0 Å². The molecule has 0 saturated carbocycles. The van der Waals surface area contributed by atoms with Crippen molar-refractivity contribution in [1.82, 2.24) is 4.90 Å². The van der Waals surface area contributed by atoms with Crippen molar-refractivity contribution < 1.29 is 18.7 Å². The van der Waals surface area contributed by atoms with Gasteiger partial charge in [-0.1, -0.05) is 6.07 Å². The Morgan fingerprint density at radius 1 is 1.29 bits per heavy atom. The number of morpholine rings is 1. The first-order valence-electron chi connectivity index (χ1n) is 8.35. The number of carbonyl (C=O) groups excluding carboxylic acids is 2. The molecule has 3 rings (SSSR count). The lowest BCUT2D eigenvalue weighted by Gasteiger charge is -2.38. The molecular formula is C18H23FN2O3. The van der Waals surface area contributed by atoms with Crippen molar-refractivity contribution in [3.63, 3.8) is 0 Å². The second-order valence-corrected chi connectivity index (χ2v) is 6.84. The molecule has 0 aliphatic carbocycles. The van der Waals surface area contributed by atoms with Crippen LogP contribution in [0.25, 0.3) is 0 Å². The van der Waals surface area contributed by atoms with Crippen LogP contribution in [0, 0.1) is 18.7 Å². The van der Waals surface area contributed by atoms with Crippen molar-refractivity contribution in [3.05, 3.63) is 29.6 Å². The molecular weight excluding hydrogens is 311 g/mol.